The van der Waals surface area contributed by atoms with Crippen molar-refractivity contribution in [2.24, 2.45) is 0 Å². The molecule has 0 bridgehead atoms. The van der Waals surface area contributed by atoms with E-state index in [2.05, 4.69) is 16.0 Å². The second kappa shape index (κ2) is 8.13. The van der Waals surface area contributed by atoms with Gasteiger partial charge in [0.05, 0.1) is 12.0 Å². The molecule has 3 N–H and O–H groups in total. The maximum absolute atomic E-state index is 12.2. The monoisotopic (exact) mass is 342 g/mol. The molecule has 0 saturated carbocycles. The molecule has 0 unspecified atom stereocenters. The Morgan fingerprint density at radius 1 is 1.25 bits per heavy atom. The Kier molecular flexibility index (Phi) is 5.93. The van der Waals surface area contributed by atoms with Crippen LogP contribution < -0.4 is 16.0 Å². The van der Waals surface area contributed by atoms with Crippen molar-refractivity contribution in [2.75, 3.05) is 17.7 Å². The Hall–Kier alpha value is -2.85. The van der Waals surface area contributed by atoms with E-state index in [4.69, 9.17) is 5.26 Å². The van der Waals surface area contributed by atoms with Gasteiger partial charge in [0, 0.05) is 12.7 Å². The highest BCUT2D eigenvalue weighted by molar-refractivity contribution is 7.14. The van der Waals surface area contributed by atoms with E-state index in [0.29, 0.717) is 17.0 Å². The summed E-state index contributed by atoms with van der Waals surface area (Å²) in [6.07, 6.45) is 0.322. The molecule has 0 aliphatic carbocycles. The van der Waals surface area contributed by atoms with Gasteiger partial charge in [0.25, 0.3) is 0 Å². The predicted octanol–water partition coefficient (Wildman–Crippen LogP) is 2.35. The Balaban J connectivity index is 1.94. The van der Waals surface area contributed by atoms with Gasteiger partial charge in [-0.1, -0.05) is 12.1 Å². The van der Waals surface area contributed by atoms with E-state index in [0.717, 1.165) is 11.3 Å². The van der Waals surface area contributed by atoms with Crippen LogP contribution in [0.3, 0.4) is 0 Å². The van der Waals surface area contributed by atoms with Crippen LogP contribution in [0.4, 0.5) is 10.7 Å². The number of anilines is 2. The number of hydrogen-bond acceptors (Lipinski definition) is 5. The molecule has 0 aliphatic rings. The van der Waals surface area contributed by atoms with Gasteiger partial charge in [-0.25, -0.2) is 0 Å². The molecule has 1 aromatic carbocycles. The van der Waals surface area contributed by atoms with Crippen LogP contribution in [0.1, 0.15) is 18.1 Å². The summed E-state index contributed by atoms with van der Waals surface area (Å²) in [6, 6.07) is 10.6. The molecule has 0 fully saturated rings. The third kappa shape index (κ3) is 4.57. The van der Waals surface area contributed by atoms with Crippen molar-refractivity contribution in [2.45, 2.75) is 19.4 Å². The summed E-state index contributed by atoms with van der Waals surface area (Å²) in [5.74, 6) is -0.268. The molecule has 124 valence electrons. The van der Waals surface area contributed by atoms with Crippen LogP contribution in [0.25, 0.3) is 0 Å². The molecular weight excluding hydrogens is 324 g/mol. The predicted molar refractivity (Wildman–Crippen MR) is 95.0 cm³/mol. The van der Waals surface area contributed by atoms with Gasteiger partial charge in [0.15, 0.2) is 0 Å². The van der Waals surface area contributed by atoms with Gasteiger partial charge >= 0.3 is 0 Å². The highest BCUT2D eigenvalue weighted by Gasteiger charge is 2.15. The topological polar surface area (TPSA) is 94.0 Å². The van der Waals surface area contributed by atoms with E-state index < -0.39 is 6.04 Å². The van der Waals surface area contributed by atoms with Crippen LogP contribution >= 0.6 is 11.3 Å². The van der Waals surface area contributed by atoms with Crippen molar-refractivity contribution in [3.05, 3.63) is 46.8 Å². The Morgan fingerprint density at radius 2 is 1.96 bits per heavy atom. The lowest BCUT2D eigenvalue weighted by atomic mass is 10.1. The molecule has 0 saturated heterocycles. The van der Waals surface area contributed by atoms with Gasteiger partial charge < -0.3 is 16.0 Å². The zero-order chi connectivity index (χ0) is 17.5. The fraction of sp³-hybridized carbons (Fsp3) is 0.235. The first kappa shape index (κ1) is 17.5. The van der Waals surface area contributed by atoms with Crippen molar-refractivity contribution in [3.8, 4) is 6.07 Å². The lowest BCUT2D eigenvalue weighted by Crippen LogP contribution is -2.31. The van der Waals surface area contributed by atoms with Crippen molar-refractivity contribution in [1.29, 1.82) is 5.26 Å². The van der Waals surface area contributed by atoms with Gasteiger partial charge in [-0.15, -0.1) is 11.3 Å². The van der Waals surface area contributed by atoms with E-state index >= 15 is 0 Å². The quantitative estimate of drug-likeness (QED) is 0.751. The van der Waals surface area contributed by atoms with Crippen molar-refractivity contribution >= 4 is 33.8 Å². The maximum Gasteiger partial charge on any atom is 0.247 e. The lowest BCUT2D eigenvalue weighted by molar-refractivity contribution is -0.120. The van der Waals surface area contributed by atoms with Crippen molar-refractivity contribution in [1.82, 2.24) is 5.32 Å². The highest BCUT2D eigenvalue weighted by Crippen LogP contribution is 2.22. The SMILES string of the molecule is CNC(=O)Cc1ccc(N[C@H](C)C(=O)Nc2sccc2C#N)cc1. The number of amides is 2. The number of rotatable bonds is 6. The Labute approximate surface area is 144 Å². The average Bonchev–Trinajstić information content (AvgIpc) is 3.03. The number of carbonyl (C=O) groups is 2. The maximum atomic E-state index is 12.2. The Morgan fingerprint density at radius 3 is 2.58 bits per heavy atom. The van der Waals surface area contributed by atoms with Gasteiger partial charge in [0.1, 0.15) is 17.1 Å². The molecule has 1 heterocycles. The van der Waals surface area contributed by atoms with Gasteiger partial charge in [0.2, 0.25) is 11.8 Å². The molecule has 24 heavy (non-hydrogen) atoms. The number of nitrogens with one attached hydrogen (secondary N) is 3. The first-order valence-electron chi connectivity index (χ1n) is 7.38. The third-order valence-electron chi connectivity index (χ3n) is 3.40. The zero-order valence-electron chi connectivity index (χ0n) is 13.4. The van der Waals surface area contributed by atoms with Crippen LogP contribution in [-0.4, -0.2) is 24.9 Å². The molecule has 2 rings (SSSR count). The minimum absolute atomic E-state index is 0.0484. The zero-order valence-corrected chi connectivity index (χ0v) is 14.2. The van der Waals surface area contributed by atoms with Crippen molar-refractivity contribution in [3.63, 3.8) is 0 Å². The molecule has 2 aromatic rings. The average molecular weight is 342 g/mol. The first-order valence-corrected chi connectivity index (χ1v) is 8.26. The summed E-state index contributed by atoms with van der Waals surface area (Å²) < 4.78 is 0. The number of nitrogens with zero attached hydrogens (tertiary/aromatic N) is 1. The second-order valence-corrected chi connectivity index (χ2v) is 6.09. The molecule has 0 aliphatic heterocycles. The number of hydrogen-bond donors (Lipinski definition) is 3. The number of thiophene rings is 1. The highest BCUT2D eigenvalue weighted by atomic mass is 32.1. The molecule has 6 nitrogen and oxygen atoms in total. The number of nitriles is 1. The van der Waals surface area contributed by atoms with Crippen LogP contribution in [0.15, 0.2) is 35.7 Å². The standard InChI is InChI=1S/C17H18N4O2S/c1-11(16(23)21-17-13(10-18)7-8-24-17)20-14-5-3-12(4-6-14)9-15(22)19-2/h3-8,11,20H,9H2,1-2H3,(H,19,22)(H,21,23)/t11-/m1/s1. The van der Waals surface area contributed by atoms with Gasteiger partial charge in [-0.3, -0.25) is 9.59 Å². The smallest absolute Gasteiger partial charge is 0.247 e. The van der Waals surface area contributed by atoms with Crippen LogP contribution in [-0.2, 0) is 16.0 Å². The number of likely N-dealkylation sites (N-methyl/N-ethyl adjacent to an activating group) is 1. The molecule has 0 radical (unpaired) electrons. The van der Waals surface area contributed by atoms with E-state index in [1.807, 2.05) is 30.3 Å². The summed E-state index contributed by atoms with van der Waals surface area (Å²) in [4.78, 5) is 23.5. The van der Waals surface area contributed by atoms with E-state index in [9.17, 15) is 9.59 Å². The summed E-state index contributed by atoms with van der Waals surface area (Å²) in [5, 5.41) is 19.7. The summed E-state index contributed by atoms with van der Waals surface area (Å²) in [6.45, 7) is 1.74. The van der Waals surface area contributed by atoms with E-state index in [-0.39, 0.29) is 11.8 Å². The minimum atomic E-state index is -0.469. The molecular formula is C17H18N4O2S. The molecule has 1 aromatic heterocycles. The molecule has 2 amide bonds. The summed E-state index contributed by atoms with van der Waals surface area (Å²) in [5.41, 5.74) is 2.14. The number of carbonyl (C=O) groups excluding carboxylic acids is 2. The number of benzene rings is 1. The van der Waals surface area contributed by atoms with E-state index in [1.165, 1.54) is 11.3 Å². The molecule has 1 atom stereocenters. The first-order chi connectivity index (χ1) is 11.5. The van der Waals surface area contributed by atoms with Gasteiger partial charge in [-0.2, -0.15) is 5.26 Å². The largest absolute Gasteiger partial charge is 0.374 e. The molecule has 7 heteroatoms. The van der Waals surface area contributed by atoms with Crippen LogP contribution in [0.2, 0.25) is 0 Å². The van der Waals surface area contributed by atoms with Crippen LogP contribution in [0.5, 0.6) is 0 Å². The fourth-order valence-electron chi connectivity index (χ4n) is 2.02. The van der Waals surface area contributed by atoms with Crippen molar-refractivity contribution < 1.29 is 9.59 Å². The lowest BCUT2D eigenvalue weighted by Gasteiger charge is -2.15. The van der Waals surface area contributed by atoms with Crippen LogP contribution in [0, 0.1) is 11.3 Å². The molecule has 0 spiro atoms. The normalized spacial score (nSPS) is 11.2. The minimum Gasteiger partial charge on any atom is -0.374 e. The summed E-state index contributed by atoms with van der Waals surface area (Å²) in [7, 11) is 1.60. The Bertz CT molecular complexity index is 762. The third-order valence-corrected chi connectivity index (χ3v) is 4.23. The second-order valence-electron chi connectivity index (χ2n) is 5.18. The van der Waals surface area contributed by atoms with Gasteiger partial charge in [-0.05, 0) is 36.1 Å². The fourth-order valence-corrected chi connectivity index (χ4v) is 2.76. The summed E-state index contributed by atoms with van der Waals surface area (Å²) >= 11 is 1.32. The van der Waals surface area contributed by atoms with E-state index in [1.54, 1.807) is 25.4 Å².